The molecule has 0 saturated carbocycles. The van der Waals surface area contributed by atoms with Crippen molar-refractivity contribution in [2.75, 3.05) is 25.5 Å². The van der Waals surface area contributed by atoms with E-state index in [1.807, 2.05) is 24.3 Å². The van der Waals surface area contributed by atoms with Gasteiger partial charge in [0, 0.05) is 12.2 Å². The number of ether oxygens (including phenoxy) is 1. The van der Waals surface area contributed by atoms with Gasteiger partial charge >= 0.3 is 0 Å². The minimum Gasteiger partial charge on any atom is -0.497 e. The Kier molecular flexibility index (Phi) is 6.65. The maximum absolute atomic E-state index is 11.9. The highest BCUT2D eigenvalue weighted by atomic mass is 35.5. The molecule has 0 aliphatic carbocycles. The smallest absolute Gasteiger partial charge is 0.250 e. The minimum atomic E-state index is -0.613. The summed E-state index contributed by atoms with van der Waals surface area (Å²) in [6.07, 6.45) is 0.725. The molecule has 132 valence electrons. The number of hydrogen-bond donors (Lipinski definition) is 3. The van der Waals surface area contributed by atoms with Gasteiger partial charge < -0.3 is 21.1 Å². The van der Waals surface area contributed by atoms with Crippen molar-refractivity contribution in [2.24, 2.45) is 5.73 Å². The number of anilines is 1. The number of amides is 2. The van der Waals surface area contributed by atoms with Crippen molar-refractivity contribution in [1.29, 1.82) is 0 Å². The molecule has 7 heteroatoms. The molecule has 0 aliphatic rings. The number of rotatable bonds is 8. The minimum absolute atomic E-state index is 0.0858. The standard InChI is InChI=1S/C18H20ClN3O3/c1-25-14-5-2-12(3-6-14)8-9-21-17(23)11-22-13-4-7-16(19)15(10-13)18(20)24/h2-7,10,22H,8-9,11H2,1H3,(H2,20,24)(H,21,23). The van der Waals surface area contributed by atoms with Crippen LogP contribution in [0.1, 0.15) is 15.9 Å². The monoisotopic (exact) mass is 361 g/mol. The van der Waals surface area contributed by atoms with Crippen molar-refractivity contribution < 1.29 is 14.3 Å². The van der Waals surface area contributed by atoms with Crippen molar-refractivity contribution in [3.8, 4) is 5.75 Å². The molecule has 25 heavy (non-hydrogen) atoms. The van der Waals surface area contributed by atoms with Crippen molar-refractivity contribution in [3.05, 3.63) is 58.6 Å². The second kappa shape index (κ2) is 8.94. The number of nitrogens with two attached hydrogens (primary N) is 1. The van der Waals surface area contributed by atoms with Crippen molar-refractivity contribution in [2.45, 2.75) is 6.42 Å². The van der Waals surface area contributed by atoms with Crippen LogP contribution in [0, 0.1) is 0 Å². The van der Waals surface area contributed by atoms with Crippen LogP contribution in [0.25, 0.3) is 0 Å². The van der Waals surface area contributed by atoms with Crippen LogP contribution in [-0.2, 0) is 11.2 Å². The van der Waals surface area contributed by atoms with E-state index in [9.17, 15) is 9.59 Å². The Morgan fingerprint density at radius 3 is 2.52 bits per heavy atom. The van der Waals surface area contributed by atoms with Crippen LogP contribution >= 0.6 is 11.6 Å². The van der Waals surface area contributed by atoms with Crippen LogP contribution in [0.3, 0.4) is 0 Å². The molecule has 0 aromatic heterocycles. The zero-order chi connectivity index (χ0) is 18.2. The number of hydrogen-bond acceptors (Lipinski definition) is 4. The fourth-order valence-electron chi connectivity index (χ4n) is 2.21. The zero-order valence-corrected chi connectivity index (χ0v) is 14.6. The topological polar surface area (TPSA) is 93.4 Å². The summed E-state index contributed by atoms with van der Waals surface area (Å²) < 4.78 is 5.10. The van der Waals surface area contributed by atoms with Gasteiger partial charge in [-0.25, -0.2) is 0 Å². The highest BCUT2D eigenvalue weighted by molar-refractivity contribution is 6.33. The predicted octanol–water partition coefficient (Wildman–Crippen LogP) is 2.22. The Bertz CT molecular complexity index is 748. The number of benzene rings is 2. The average Bonchev–Trinajstić information content (AvgIpc) is 2.61. The fraction of sp³-hybridized carbons (Fsp3) is 0.222. The number of methoxy groups -OCH3 is 1. The van der Waals surface area contributed by atoms with E-state index < -0.39 is 5.91 Å². The van der Waals surface area contributed by atoms with Crippen LogP contribution < -0.4 is 21.1 Å². The van der Waals surface area contributed by atoms with Gasteiger partial charge in [-0.2, -0.15) is 0 Å². The van der Waals surface area contributed by atoms with Crippen molar-refractivity contribution in [1.82, 2.24) is 5.32 Å². The first-order valence-corrected chi connectivity index (χ1v) is 8.10. The summed E-state index contributed by atoms with van der Waals surface area (Å²) in [5.41, 5.74) is 7.16. The first-order chi connectivity index (χ1) is 12.0. The zero-order valence-electron chi connectivity index (χ0n) is 13.8. The highest BCUT2D eigenvalue weighted by Gasteiger charge is 2.08. The Morgan fingerprint density at radius 2 is 1.88 bits per heavy atom. The first kappa shape index (κ1) is 18.6. The molecule has 0 radical (unpaired) electrons. The van der Waals surface area contributed by atoms with E-state index >= 15 is 0 Å². The molecular formula is C18H20ClN3O3. The van der Waals surface area contributed by atoms with Gasteiger partial charge in [0.1, 0.15) is 5.75 Å². The van der Waals surface area contributed by atoms with E-state index in [1.54, 1.807) is 19.2 Å². The van der Waals surface area contributed by atoms with Gasteiger partial charge in [-0.05, 0) is 42.3 Å². The second-order valence-electron chi connectivity index (χ2n) is 5.36. The average molecular weight is 362 g/mol. The molecule has 0 spiro atoms. The molecule has 0 fully saturated rings. The van der Waals surface area contributed by atoms with Gasteiger partial charge in [0.25, 0.3) is 0 Å². The third-order valence-electron chi connectivity index (χ3n) is 3.58. The second-order valence-corrected chi connectivity index (χ2v) is 5.77. The molecule has 0 aliphatic heterocycles. The maximum Gasteiger partial charge on any atom is 0.250 e. The number of halogens is 1. The molecule has 4 N–H and O–H groups in total. The summed E-state index contributed by atoms with van der Waals surface area (Å²) in [7, 11) is 1.62. The summed E-state index contributed by atoms with van der Waals surface area (Å²) in [6.45, 7) is 0.614. The molecule has 0 unspecified atom stereocenters. The molecular weight excluding hydrogens is 342 g/mol. The lowest BCUT2D eigenvalue weighted by Gasteiger charge is -2.09. The van der Waals surface area contributed by atoms with Gasteiger partial charge in [-0.1, -0.05) is 23.7 Å². The Morgan fingerprint density at radius 1 is 1.16 bits per heavy atom. The molecule has 2 aromatic carbocycles. The largest absolute Gasteiger partial charge is 0.497 e. The number of carbonyl (C=O) groups excluding carboxylic acids is 2. The van der Waals surface area contributed by atoms with Crippen LogP contribution in [0.5, 0.6) is 5.75 Å². The van der Waals surface area contributed by atoms with E-state index in [1.165, 1.54) is 6.07 Å². The molecule has 2 aromatic rings. The molecule has 0 saturated heterocycles. The lowest BCUT2D eigenvalue weighted by atomic mass is 10.1. The molecule has 6 nitrogen and oxygen atoms in total. The van der Waals surface area contributed by atoms with Crippen molar-refractivity contribution in [3.63, 3.8) is 0 Å². The highest BCUT2D eigenvalue weighted by Crippen LogP contribution is 2.19. The van der Waals surface area contributed by atoms with Crippen LogP contribution in [0.15, 0.2) is 42.5 Å². The van der Waals surface area contributed by atoms with Gasteiger partial charge in [0.05, 0.1) is 24.2 Å². The number of primary amides is 1. The lowest BCUT2D eigenvalue weighted by Crippen LogP contribution is -2.31. The van der Waals surface area contributed by atoms with Gasteiger partial charge in [-0.3, -0.25) is 9.59 Å². The summed E-state index contributed by atoms with van der Waals surface area (Å²) in [5, 5.41) is 6.04. The Labute approximate surface area is 151 Å². The molecule has 0 atom stereocenters. The molecule has 0 heterocycles. The maximum atomic E-state index is 11.9. The normalized spacial score (nSPS) is 10.2. The Hall–Kier alpha value is -2.73. The third kappa shape index (κ3) is 5.69. The first-order valence-electron chi connectivity index (χ1n) is 7.72. The van der Waals surface area contributed by atoms with E-state index in [0.29, 0.717) is 12.2 Å². The van der Waals surface area contributed by atoms with Crippen LogP contribution in [-0.4, -0.2) is 32.0 Å². The number of carbonyl (C=O) groups is 2. The third-order valence-corrected chi connectivity index (χ3v) is 3.91. The molecule has 2 rings (SSSR count). The lowest BCUT2D eigenvalue weighted by molar-refractivity contribution is -0.119. The summed E-state index contributed by atoms with van der Waals surface area (Å²) in [5.74, 6) is 0.0389. The summed E-state index contributed by atoms with van der Waals surface area (Å²) in [4.78, 5) is 23.1. The Balaban J connectivity index is 1.77. The fourth-order valence-corrected chi connectivity index (χ4v) is 2.42. The van der Waals surface area contributed by atoms with E-state index in [0.717, 1.165) is 17.7 Å². The number of nitrogens with one attached hydrogen (secondary N) is 2. The van der Waals surface area contributed by atoms with Crippen LogP contribution in [0.4, 0.5) is 5.69 Å². The van der Waals surface area contributed by atoms with Crippen molar-refractivity contribution >= 4 is 29.1 Å². The quantitative estimate of drug-likeness (QED) is 0.672. The summed E-state index contributed by atoms with van der Waals surface area (Å²) >= 11 is 5.88. The predicted molar refractivity (Wildman–Crippen MR) is 98.2 cm³/mol. The molecule has 0 bridgehead atoms. The van der Waals surface area contributed by atoms with Gasteiger partial charge in [-0.15, -0.1) is 0 Å². The van der Waals surface area contributed by atoms with E-state index in [-0.39, 0.29) is 23.0 Å². The van der Waals surface area contributed by atoms with Gasteiger partial charge in [0.2, 0.25) is 11.8 Å². The van der Waals surface area contributed by atoms with E-state index in [2.05, 4.69) is 10.6 Å². The van der Waals surface area contributed by atoms with Gasteiger partial charge in [0.15, 0.2) is 0 Å². The van der Waals surface area contributed by atoms with Crippen LogP contribution in [0.2, 0.25) is 5.02 Å². The SMILES string of the molecule is COc1ccc(CCNC(=O)CNc2ccc(Cl)c(C(N)=O)c2)cc1. The van der Waals surface area contributed by atoms with E-state index in [4.69, 9.17) is 22.1 Å². The summed E-state index contributed by atoms with van der Waals surface area (Å²) in [6, 6.07) is 12.5. The molecule has 2 amide bonds.